The summed E-state index contributed by atoms with van der Waals surface area (Å²) < 4.78 is 0. The van der Waals surface area contributed by atoms with Crippen LogP contribution in [0.3, 0.4) is 0 Å². The van der Waals surface area contributed by atoms with Gasteiger partial charge in [-0.05, 0) is 48.8 Å². The molecule has 2 fully saturated rings. The largest absolute Gasteiger partial charge is 0.344 e. The van der Waals surface area contributed by atoms with E-state index in [1.54, 1.807) is 11.3 Å². The maximum atomic E-state index is 14.0. The predicted molar refractivity (Wildman–Crippen MR) is 147 cm³/mol. The normalized spacial score (nSPS) is 20.4. The van der Waals surface area contributed by atoms with Gasteiger partial charge in [-0.3, -0.25) is 9.59 Å². The summed E-state index contributed by atoms with van der Waals surface area (Å²) in [6.07, 6.45) is 8.19. The number of rotatable bonds is 7. The Labute approximate surface area is 218 Å². The standard InChI is InChI=1S/C30H37N3O2S/c1-3-20(2)28(34)32-27(22-12-5-4-6-13-22)30(35)33-18-10-17-26(33)29-31-25(19-36-29)24-16-9-14-21-11-7-8-15-23(21)24/h7-9,11,14-16,19-20,22,26-27H,3-6,10,12-13,17-18H2,1-2H3,(H,32,34)/t20-,26+,27+/m1/s1. The highest BCUT2D eigenvalue weighted by molar-refractivity contribution is 7.10. The SMILES string of the molecule is CC[C@@H](C)C(=O)N[C@H](C(=O)N1CCC[C@H]1c1nc(-c2cccc3ccccc23)cs1)C1CCCCC1. The Bertz CT molecular complexity index is 1210. The van der Waals surface area contributed by atoms with Gasteiger partial charge in [0, 0.05) is 23.4 Å². The van der Waals surface area contributed by atoms with Gasteiger partial charge in [0.1, 0.15) is 11.0 Å². The number of thiazole rings is 1. The molecule has 2 aliphatic rings. The van der Waals surface area contributed by atoms with E-state index in [9.17, 15) is 9.59 Å². The van der Waals surface area contributed by atoms with Crippen molar-refractivity contribution in [2.45, 2.75) is 77.3 Å². The molecule has 0 unspecified atom stereocenters. The Morgan fingerprint density at radius 3 is 2.64 bits per heavy atom. The molecule has 6 heteroatoms. The first kappa shape index (κ1) is 24.9. The summed E-state index contributed by atoms with van der Waals surface area (Å²) in [6.45, 7) is 4.70. The Morgan fingerprint density at radius 1 is 1.06 bits per heavy atom. The van der Waals surface area contributed by atoms with Crippen LogP contribution < -0.4 is 5.32 Å². The van der Waals surface area contributed by atoms with Gasteiger partial charge < -0.3 is 10.2 Å². The number of likely N-dealkylation sites (tertiary alicyclic amines) is 1. The average molecular weight is 504 g/mol. The van der Waals surface area contributed by atoms with Gasteiger partial charge in [0.05, 0.1) is 11.7 Å². The number of amides is 2. The lowest BCUT2D eigenvalue weighted by Gasteiger charge is -2.35. The monoisotopic (exact) mass is 503 g/mol. The molecule has 1 aliphatic carbocycles. The van der Waals surface area contributed by atoms with E-state index in [1.807, 2.05) is 18.7 Å². The molecule has 2 heterocycles. The number of nitrogens with one attached hydrogen (secondary N) is 1. The zero-order valence-electron chi connectivity index (χ0n) is 21.4. The molecule has 2 aromatic carbocycles. The number of benzene rings is 2. The number of nitrogens with zero attached hydrogens (tertiary/aromatic N) is 2. The number of hydrogen-bond acceptors (Lipinski definition) is 4. The fraction of sp³-hybridized carbons (Fsp3) is 0.500. The zero-order chi connectivity index (χ0) is 25.1. The second kappa shape index (κ2) is 11.1. The molecule has 36 heavy (non-hydrogen) atoms. The molecule has 0 spiro atoms. The van der Waals surface area contributed by atoms with Crippen molar-refractivity contribution in [2.75, 3.05) is 6.54 Å². The van der Waals surface area contributed by atoms with Crippen LogP contribution in [0.5, 0.6) is 0 Å². The number of aromatic nitrogens is 1. The van der Waals surface area contributed by atoms with Crippen molar-refractivity contribution in [3.8, 4) is 11.3 Å². The summed E-state index contributed by atoms with van der Waals surface area (Å²) in [4.78, 5) is 34.0. The minimum Gasteiger partial charge on any atom is -0.344 e. The fourth-order valence-electron chi connectivity index (χ4n) is 5.81. The van der Waals surface area contributed by atoms with Crippen molar-refractivity contribution >= 4 is 33.9 Å². The van der Waals surface area contributed by atoms with Crippen LogP contribution in [0, 0.1) is 11.8 Å². The predicted octanol–water partition coefficient (Wildman–Crippen LogP) is 6.74. The summed E-state index contributed by atoms with van der Waals surface area (Å²) in [5.41, 5.74) is 2.10. The summed E-state index contributed by atoms with van der Waals surface area (Å²) in [5.74, 6) is 0.233. The minimum absolute atomic E-state index is 0.00432. The van der Waals surface area contributed by atoms with Gasteiger partial charge in [-0.1, -0.05) is 75.6 Å². The molecule has 1 aromatic heterocycles. The third kappa shape index (κ3) is 5.06. The van der Waals surface area contributed by atoms with E-state index < -0.39 is 6.04 Å². The molecule has 5 nitrogen and oxygen atoms in total. The van der Waals surface area contributed by atoms with E-state index in [1.165, 1.54) is 17.2 Å². The number of hydrogen-bond donors (Lipinski definition) is 1. The summed E-state index contributed by atoms with van der Waals surface area (Å²) >= 11 is 1.65. The fourth-order valence-corrected chi connectivity index (χ4v) is 6.77. The highest BCUT2D eigenvalue weighted by atomic mass is 32.1. The quantitative estimate of drug-likeness (QED) is 0.388. The van der Waals surface area contributed by atoms with Crippen molar-refractivity contribution < 1.29 is 9.59 Å². The van der Waals surface area contributed by atoms with Crippen LogP contribution in [-0.4, -0.2) is 34.3 Å². The van der Waals surface area contributed by atoms with E-state index >= 15 is 0 Å². The lowest BCUT2D eigenvalue weighted by Crippen LogP contribution is -2.53. The molecule has 5 rings (SSSR count). The first-order valence-electron chi connectivity index (χ1n) is 13.6. The van der Waals surface area contributed by atoms with Crippen molar-refractivity contribution in [3.05, 3.63) is 52.9 Å². The molecular weight excluding hydrogens is 466 g/mol. The topological polar surface area (TPSA) is 62.3 Å². The van der Waals surface area contributed by atoms with Crippen molar-refractivity contribution in [1.29, 1.82) is 0 Å². The Balaban J connectivity index is 1.40. The third-order valence-corrected chi connectivity index (χ3v) is 9.10. The van der Waals surface area contributed by atoms with E-state index in [4.69, 9.17) is 4.98 Å². The maximum Gasteiger partial charge on any atom is 0.246 e. The molecule has 1 saturated heterocycles. The summed E-state index contributed by atoms with van der Waals surface area (Å²) in [5, 5.41) is 8.71. The number of carbonyl (C=O) groups is 2. The first-order valence-corrected chi connectivity index (χ1v) is 14.5. The Morgan fingerprint density at radius 2 is 1.83 bits per heavy atom. The van der Waals surface area contributed by atoms with E-state index in [0.29, 0.717) is 0 Å². The molecule has 1 N–H and O–H groups in total. The third-order valence-electron chi connectivity index (χ3n) is 8.15. The molecule has 3 aromatic rings. The average Bonchev–Trinajstić information content (AvgIpc) is 3.61. The zero-order valence-corrected chi connectivity index (χ0v) is 22.2. The van der Waals surface area contributed by atoms with Crippen molar-refractivity contribution in [3.63, 3.8) is 0 Å². The lowest BCUT2D eigenvalue weighted by molar-refractivity contribution is -0.140. The second-order valence-electron chi connectivity index (χ2n) is 10.5. The van der Waals surface area contributed by atoms with Crippen LogP contribution in [0.4, 0.5) is 0 Å². The number of fused-ring (bicyclic) bond motifs is 1. The van der Waals surface area contributed by atoms with Crippen LogP contribution in [0.2, 0.25) is 0 Å². The van der Waals surface area contributed by atoms with Gasteiger partial charge in [-0.25, -0.2) is 4.98 Å². The highest BCUT2D eigenvalue weighted by Gasteiger charge is 2.40. The lowest BCUT2D eigenvalue weighted by atomic mass is 9.83. The second-order valence-corrected chi connectivity index (χ2v) is 11.4. The van der Waals surface area contributed by atoms with Gasteiger partial charge in [0.2, 0.25) is 11.8 Å². The van der Waals surface area contributed by atoms with E-state index in [-0.39, 0.29) is 29.7 Å². The minimum atomic E-state index is -0.426. The highest BCUT2D eigenvalue weighted by Crippen LogP contribution is 2.38. The van der Waals surface area contributed by atoms with Gasteiger partial charge >= 0.3 is 0 Å². The molecule has 1 saturated carbocycles. The summed E-state index contributed by atoms with van der Waals surface area (Å²) in [6, 6.07) is 14.3. The number of carbonyl (C=O) groups excluding carboxylic acids is 2. The Kier molecular flexibility index (Phi) is 7.70. The van der Waals surface area contributed by atoms with E-state index in [0.717, 1.165) is 67.8 Å². The molecular formula is C30H37N3O2S. The Hall–Kier alpha value is -2.73. The van der Waals surface area contributed by atoms with Gasteiger partial charge in [0.25, 0.3) is 0 Å². The molecule has 3 atom stereocenters. The molecule has 2 amide bonds. The summed E-state index contributed by atoms with van der Waals surface area (Å²) in [7, 11) is 0. The first-order chi connectivity index (χ1) is 17.6. The molecule has 0 radical (unpaired) electrons. The molecule has 1 aliphatic heterocycles. The smallest absolute Gasteiger partial charge is 0.246 e. The van der Waals surface area contributed by atoms with Crippen LogP contribution in [-0.2, 0) is 9.59 Å². The van der Waals surface area contributed by atoms with Gasteiger partial charge in [0.15, 0.2) is 0 Å². The maximum absolute atomic E-state index is 14.0. The van der Waals surface area contributed by atoms with Crippen LogP contribution in [0.25, 0.3) is 22.0 Å². The van der Waals surface area contributed by atoms with Crippen LogP contribution in [0.15, 0.2) is 47.8 Å². The molecule has 0 bridgehead atoms. The van der Waals surface area contributed by atoms with Gasteiger partial charge in [-0.2, -0.15) is 0 Å². The van der Waals surface area contributed by atoms with Crippen LogP contribution >= 0.6 is 11.3 Å². The van der Waals surface area contributed by atoms with Crippen molar-refractivity contribution in [2.24, 2.45) is 11.8 Å². The van der Waals surface area contributed by atoms with Crippen LogP contribution in [0.1, 0.15) is 76.3 Å². The molecule has 190 valence electrons. The van der Waals surface area contributed by atoms with E-state index in [2.05, 4.69) is 53.2 Å². The van der Waals surface area contributed by atoms with Crippen molar-refractivity contribution in [1.82, 2.24) is 15.2 Å². The van der Waals surface area contributed by atoms with Gasteiger partial charge in [-0.15, -0.1) is 11.3 Å².